The van der Waals surface area contributed by atoms with Crippen LogP contribution in [0.15, 0.2) is 0 Å². The minimum Gasteiger partial charge on any atom is -0.520 e. The van der Waals surface area contributed by atoms with Gasteiger partial charge >= 0.3 is 0 Å². The Kier molecular flexibility index (Phi) is 7.62. The summed E-state index contributed by atoms with van der Waals surface area (Å²) >= 11 is 0. The molecule has 0 aromatic rings. The molecule has 0 aliphatic rings. The molecule has 4 nitrogen and oxygen atoms in total. The molecule has 0 saturated carbocycles. The summed E-state index contributed by atoms with van der Waals surface area (Å²) in [6, 6.07) is 0.938. The molecule has 0 radical (unpaired) electrons. The first kappa shape index (κ1) is 15.6. The minimum atomic E-state index is -1.81. The van der Waals surface area contributed by atoms with Gasteiger partial charge in [-0.15, -0.1) is 0 Å². The lowest BCUT2D eigenvalue weighted by Crippen LogP contribution is -2.32. The number of hydrogen-bond donors (Lipinski definition) is 0. The van der Waals surface area contributed by atoms with Crippen LogP contribution in [0.4, 0.5) is 0 Å². The van der Waals surface area contributed by atoms with Crippen LogP contribution in [-0.2, 0) is 18.7 Å². The van der Waals surface area contributed by atoms with Gasteiger partial charge in [-0.3, -0.25) is 4.79 Å². The molecule has 0 fully saturated rings. The fourth-order valence-corrected chi connectivity index (χ4v) is 3.23. The monoisotopic (exact) mass is 248 g/mol. The van der Waals surface area contributed by atoms with Gasteiger partial charge in [0.25, 0.3) is 5.97 Å². The third-order valence-electron chi connectivity index (χ3n) is 2.24. The van der Waals surface area contributed by atoms with Gasteiger partial charge < -0.3 is 13.9 Å². The van der Waals surface area contributed by atoms with Gasteiger partial charge in [0.1, 0.15) is 0 Å². The molecule has 0 amide bonds. The Balaban J connectivity index is 3.54. The first-order valence-corrected chi connectivity index (χ1v) is 8.79. The third-order valence-corrected chi connectivity index (χ3v) is 4.64. The highest BCUT2D eigenvalue weighted by atomic mass is 28.4. The topological polar surface area (TPSA) is 44.8 Å². The molecule has 0 aromatic carbocycles. The summed E-state index contributed by atoms with van der Waals surface area (Å²) in [5, 5.41) is 0. The molecule has 0 N–H and O–H groups in total. The highest BCUT2D eigenvalue weighted by Gasteiger charge is 2.24. The quantitative estimate of drug-likeness (QED) is 0.488. The van der Waals surface area contributed by atoms with Crippen molar-refractivity contribution in [3.05, 3.63) is 0 Å². The van der Waals surface area contributed by atoms with Crippen molar-refractivity contribution in [2.45, 2.75) is 45.5 Å². The van der Waals surface area contributed by atoms with E-state index in [4.69, 9.17) is 13.9 Å². The van der Waals surface area contributed by atoms with Gasteiger partial charge in [0.15, 0.2) is 0 Å². The molecule has 5 heteroatoms. The van der Waals surface area contributed by atoms with Gasteiger partial charge in [0, 0.05) is 20.6 Å². The maximum Gasteiger partial charge on any atom is 0.289 e. The summed E-state index contributed by atoms with van der Waals surface area (Å²) in [5.74, 6) is -0.175. The highest BCUT2D eigenvalue weighted by Crippen LogP contribution is 2.13. The fraction of sp³-hybridized carbons (Fsp3) is 0.909. The molecular weight excluding hydrogens is 224 g/mol. The summed E-state index contributed by atoms with van der Waals surface area (Å²) in [7, 11) is -0.141. The van der Waals surface area contributed by atoms with E-state index in [1.54, 1.807) is 7.11 Å². The number of hydrogen-bond acceptors (Lipinski definition) is 4. The van der Waals surface area contributed by atoms with Crippen molar-refractivity contribution in [3.63, 3.8) is 0 Å². The van der Waals surface area contributed by atoms with E-state index in [-0.39, 0.29) is 12.1 Å². The Morgan fingerprint density at radius 3 is 2.50 bits per heavy atom. The molecule has 0 rings (SSSR count). The molecular formula is C11H24O4Si. The van der Waals surface area contributed by atoms with Crippen LogP contribution < -0.4 is 0 Å². The molecule has 1 atom stereocenters. The van der Waals surface area contributed by atoms with Crippen molar-refractivity contribution in [1.29, 1.82) is 0 Å². The van der Waals surface area contributed by atoms with Gasteiger partial charge in [-0.2, -0.15) is 0 Å². The largest absolute Gasteiger partial charge is 0.520 e. The average Bonchev–Trinajstić information content (AvgIpc) is 2.14. The second-order valence-electron chi connectivity index (χ2n) is 4.58. The summed E-state index contributed by atoms with van der Waals surface area (Å²) < 4.78 is 15.8. The zero-order valence-electron chi connectivity index (χ0n) is 11.0. The lowest BCUT2D eigenvalue weighted by atomic mass is 10.4. The number of rotatable bonds is 8. The molecule has 1 unspecified atom stereocenters. The van der Waals surface area contributed by atoms with Gasteiger partial charge in [-0.05, 0) is 32.5 Å². The Morgan fingerprint density at radius 1 is 1.38 bits per heavy atom. The normalized spacial score (nSPS) is 13.6. The van der Waals surface area contributed by atoms with Crippen LogP contribution in [0.25, 0.3) is 0 Å². The molecule has 0 bridgehead atoms. The summed E-state index contributed by atoms with van der Waals surface area (Å²) in [5.41, 5.74) is 0. The Hall–Kier alpha value is -0.393. The first-order chi connectivity index (χ1) is 7.37. The van der Waals surface area contributed by atoms with E-state index in [1.165, 1.54) is 6.92 Å². The zero-order valence-corrected chi connectivity index (χ0v) is 12.0. The third kappa shape index (κ3) is 8.88. The van der Waals surface area contributed by atoms with Crippen molar-refractivity contribution in [2.75, 3.05) is 20.3 Å². The molecule has 0 saturated heterocycles. The summed E-state index contributed by atoms with van der Waals surface area (Å²) in [6.45, 7) is 8.85. The van der Waals surface area contributed by atoms with Crippen LogP contribution in [0.1, 0.15) is 20.3 Å². The molecule has 96 valence electrons. The van der Waals surface area contributed by atoms with Crippen molar-refractivity contribution in [2.24, 2.45) is 0 Å². The molecule has 0 spiro atoms. The Bertz CT molecular complexity index is 206. The van der Waals surface area contributed by atoms with E-state index in [0.717, 1.165) is 12.5 Å². The van der Waals surface area contributed by atoms with E-state index >= 15 is 0 Å². The zero-order chi connectivity index (χ0) is 12.6. The lowest BCUT2D eigenvalue weighted by Gasteiger charge is -2.21. The molecule has 16 heavy (non-hydrogen) atoms. The molecule has 0 heterocycles. The predicted octanol–water partition coefficient (Wildman–Crippen LogP) is 2.20. The van der Waals surface area contributed by atoms with E-state index in [9.17, 15) is 4.79 Å². The maximum absolute atomic E-state index is 10.8. The van der Waals surface area contributed by atoms with Gasteiger partial charge in [0.05, 0.1) is 12.7 Å². The summed E-state index contributed by atoms with van der Waals surface area (Å²) in [4.78, 5) is 10.8. The average molecular weight is 248 g/mol. The second kappa shape index (κ2) is 7.81. The number of ether oxygens (including phenoxy) is 2. The van der Waals surface area contributed by atoms with Crippen molar-refractivity contribution in [3.8, 4) is 0 Å². The molecule has 0 aliphatic carbocycles. The van der Waals surface area contributed by atoms with Gasteiger partial charge in [-0.25, -0.2) is 0 Å². The summed E-state index contributed by atoms with van der Waals surface area (Å²) in [6.07, 6.45) is 1.07. The maximum atomic E-state index is 10.8. The highest BCUT2D eigenvalue weighted by molar-refractivity contribution is 6.72. The standard InChI is InChI=1S/C11H24O4Si/c1-10(13-3)9-14-7-6-8-16(4,5)15-11(2)12/h10H,6-9H2,1-5H3. The van der Waals surface area contributed by atoms with Crippen molar-refractivity contribution >= 4 is 14.3 Å². The van der Waals surface area contributed by atoms with Crippen LogP contribution in [0.2, 0.25) is 19.1 Å². The van der Waals surface area contributed by atoms with Gasteiger partial charge in [0.2, 0.25) is 8.32 Å². The Morgan fingerprint density at radius 2 is 2.00 bits per heavy atom. The van der Waals surface area contributed by atoms with Crippen LogP contribution >= 0.6 is 0 Å². The first-order valence-electron chi connectivity index (χ1n) is 5.67. The van der Waals surface area contributed by atoms with E-state index in [1.807, 2.05) is 20.0 Å². The molecule has 0 aliphatic heterocycles. The SMILES string of the molecule is COC(C)COCCC[Si](C)(C)OC(C)=O. The van der Waals surface area contributed by atoms with Crippen molar-refractivity contribution in [1.82, 2.24) is 0 Å². The lowest BCUT2D eigenvalue weighted by molar-refractivity contribution is -0.132. The van der Waals surface area contributed by atoms with Crippen molar-refractivity contribution < 1.29 is 18.7 Å². The van der Waals surface area contributed by atoms with Crippen LogP contribution in [0, 0.1) is 0 Å². The van der Waals surface area contributed by atoms with E-state index < -0.39 is 8.32 Å². The number of carbonyl (C=O) groups excluding carboxylic acids is 1. The van der Waals surface area contributed by atoms with Crippen LogP contribution in [0.5, 0.6) is 0 Å². The van der Waals surface area contributed by atoms with Crippen LogP contribution in [-0.4, -0.2) is 40.7 Å². The van der Waals surface area contributed by atoms with Gasteiger partial charge in [-0.1, -0.05) is 0 Å². The fourth-order valence-electron chi connectivity index (χ4n) is 1.36. The van der Waals surface area contributed by atoms with E-state index in [2.05, 4.69) is 0 Å². The minimum absolute atomic E-state index is 0.138. The second-order valence-corrected chi connectivity index (χ2v) is 8.80. The Labute approximate surface area is 99.4 Å². The molecule has 0 aromatic heterocycles. The van der Waals surface area contributed by atoms with E-state index in [0.29, 0.717) is 13.2 Å². The smallest absolute Gasteiger partial charge is 0.289 e. The predicted molar refractivity (Wildman–Crippen MR) is 66.0 cm³/mol. The number of methoxy groups -OCH3 is 1. The van der Waals surface area contributed by atoms with Crippen LogP contribution in [0.3, 0.4) is 0 Å². The number of carbonyl (C=O) groups is 1.